The number of benzene rings is 1. The van der Waals surface area contributed by atoms with Crippen molar-refractivity contribution in [2.75, 3.05) is 5.32 Å². The quantitative estimate of drug-likeness (QED) is 0.906. The molecule has 0 aliphatic heterocycles. The van der Waals surface area contributed by atoms with Crippen LogP contribution in [0.5, 0.6) is 0 Å². The highest BCUT2D eigenvalue weighted by Gasteiger charge is 2.03. The molecule has 1 aromatic carbocycles. The van der Waals surface area contributed by atoms with E-state index in [0.717, 1.165) is 21.2 Å². The van der Waals surface area contributed by atoms with Crippen LogP contribution in [0.3, 0.4) is 0 Å². The highest BCUT2D eigenvalue weighted by molar-refractivity contribution is 7.99. The van der Waals surface area contributed by atoms with Gasteiger partial charge in [-0.3, -0.25) is 4.79 Å². The van der Waals surface area contributed by atoms with Crippen LogP contribution >= 0.6 is 11.8 Å². The first kappa shape index (κ1) is 14.6. The van der Waals surface area contributed by atoms with Crippen LogP contribution in [0, 0.1) is 0 Å². The van der Waals surface area contributed by atoms with Gasteiger partial charge < -0.3 is 11.1 Å². The second-order valence-electron chi connectivity index (χ2n) is 4.53. The number of pyridine rings is 1. The highest BCUT2D eigenvalue weighted by Crippen LogP contribution is 2.27. The number of hydrogen-bond acceptors (Lipinski definition) is 4. The summed E-state index contributed by atoms with van der Waals surface area (Å²) in [5, 5.41) is 3.66. The Hall–Kier alpha value is -1.85. The Morgan fingerprint density at radius 1 is 1.25 bits per heavy atom. The van der Waals surface area contributed by atoms with Gasteiger partial charge in [-0.2, -0.15) is 0 Å². The van der Waals surface area contributed by atoms with Crippen molar-refractivity contribution < 1.29 is 4.79 Å². The van der Waals surface area contributed by atoms with Gasteiger partial charge in [-0.15, -0.1) is 0 Å². The maximum absolute atomic E-state index is 10.9. The van der Waals surface area contributed by atoms with Gasteiger partial charge in [0.05, 0.1) is 0 Å². The van der Waals surface area contributed by atoms with Crippen LogP contribution in [0.2, 0.25) is 0 Å². The maximum Gasteiger partial charge on any atom is 0.221 e. The molecule has 0 saturated heterocycles. The molecule has 0 bridgehead atoms. The first-order chi connectivity index (χ1) is 9.54. The van der Waals surface area contributed by atoms with Crippen molar-refractivity contribution in [2.45, 2.75) is 29.8 Å². The standard InChI is InChI=1S/C15H17N3OS/c1-10(16)12-3-8-15(17-9-12)20-14-6-4-13(5-7-14)18-11(2)19/h3-10H,16H2,1-2H3,(H,18,19)/t10-/m0/s1. The van der Waals surface area contributed by atoms with Crippen molar-refractivity contribution in [1.82, 2.24) is 4.98 Å². The minimum Gasteiger partial charge on any atom is -0.326 e. The summed E-state index contributed by atoms with van der Waals surface area (Å²) in [5.74, 6) is -0.0708. The SMILES string of the molecule is CC(=O)Nc1ccc(Sc2ccc([C@H](C)N)cn2)cc1. The molecule has 3 N–H and O–H groups in total. The molecule has 1 heterocycles. The Bertz CT molecular complexity index is 579. The summed E-state index contributed by atoms with van der Waals surface area (Å²) < 4.78 is 0. The molecule has 0 unspecified atom stereocenters. The Kier molecular flexibility index (Phi) is 4.76. The molecule has 104 valence electrons. The molecule has 1 amide bonds. The Balaban J connectivity index is 2.04. The third kappa shape index (κ3) is 4.08. The average Bonchev–Trinajstić information content (AvgIpc) is 2.41. The van der Waals surface area contributed by atoms with Crippen molar-refractivity contribution in [3.63, 3.8) is 0 Å². The largest absolute Gasteiger partial charge is 0.326 e. The van der Waals surface area contributed by atoms with Crippen LogP contribution in [0.1, 0.15) is 25.5 Å². The van der Waals surface area contributed by atoms with Crippen molar-refractivity contribution >= 4 is 23.4 Å². The van der Waals surface area contributed by atoms with E-state index in [4.69, 9.17) is 5.73 Å². The van der Waals surface area contributed by atoms with E-state index in [2.05, 4.69) is 10.3 Å². The number of amides is 1. The Morgan fingerprint density at radius 3 is 2.45 bits per heavy atom. The number of nitrogens with two attached hydrogens (primary N) is 1. The predicted molar refractivity (Wildman–Crippen MR) is 81.7 cm³/mol. The van der Waals surface area contributed by atoms with Gasteiger partial charge in [0, 0.05) is 29.7 Å². The molecular formula is C15H17N3OS. The zero-order chi connectivity index (χ0) is 14.5. The van der Waals surface area contributed by atoms with Crippen LogP contribution in [-0.4, -0.2) is 10.9 Å². The van der Waals surface area contributed by atoms with Gasteiger partial charge in [0.25, 0.3) is 0 Å². The molecule has 2 rings (SSSR count). The van der Waals surface area contributed by atoms with Crippen molar-refractivity contribution in [1.29, 1.82) is 0 Å². The van der Waals surface area contributed by atoms with Crippen LogP contribution in [0.25, 0.3) is 0 Å². The number of rotatable bonds is 4. The van der Waals surface area contributed by atoms with E-state index in [1.54, 1.807) is 18.0 Å². The number of aromatic nitrogens is 1. The molecule has 0 radical (unpaired) electrons. The number of nitrogens with one attached hydrogen (secondary N) is 1. The lowest BCUT2D eigenvalue weighted by Gasteiger charge is -2.07. The highest BCUT2D eigenvalue weighted by atomic mass is 32.2. The maximum atomic E-state index is 10.9. The second-order valence-corrected chi connectivity index (χ2v) is 5.62. The molecule has 1 atom stereocenters. The molecular weight excluding hydrogens is 270 g/mol. The second kappa shape index (κ2) is 6.54. The smallest absolute Gasteiger partial charge is 0.221 e. The lowest BCUT2D eigenvalue weighted by molar-refractivity contribution is -0.114. The summed E-state index contributed by atoms with van der Waals surface area (Å²) in [6.07, 6.45) is 1.80. The molecule has 0 spiro atoms. The summed E-state index contributed by atoms with van der Waals surface area (Å²) in [6.45, 7) is 3.43. The molecule has 5 heteroatoms. The van der Waals surface area contributed by atoms with E-state index in [-0.39, 0.29) is 11.9 Å². The van der Waals surface area contributed by atoms with Crippen LogP contribution in [0.4, 0.5) is 5.69 Å². The Labute approximate surface area is 122 Å². The molecule has 0 saturated carbocycles. The predicted octanol–water partition coefficient (Wildman–Crippen LogP) is 3.21. The van der Waals surface area contributed by atoms with Gasteiger partial charge in [0.2, 0.25) is 5.91 Å². The Morgan fingerprint density at radius 2 is 1.95 bits per heavy atom. The normalized spacial score (nSPS) is 11.9. The number of carbonyl (C=O) groups excluding carboxylic acids is 1. The van der Waals surface area contributed by atoms with Gasteiger partial charge in [0.1, 0.15) is 5.03 Å². The third-order valence-electron chi connectivity index (χ3n) is 2.68. The molecule has 0 fully saturated rings. The van der Waals surface area contributed by atoms with Gasteiger partial charge in [-0.25, -0.2) is 4.98 Å². The van der Waals surface area contributed by atoms with Crippen LogP contribution < -0.4 is 11.1 Å². The number of hydrogen-bond donors (Lipinski definition) is 2. The van der Waals surface area contributed by atoms with Gasteiger partial charge in [-0.05, 0) is 42.8 Å². The molecule has 1 aromatic heterocycles. The van der Waals surface area contributed by atoms with Crippen molar-refractivity contribution in [3.8, 4) is 0 Å². The van der Waals surface area contributed by atoms with E-state index < -0.39 is 0 Å². The number of anilines is 1. The van der Waals surface area contributed by atoms with Gasteiger partial charge >= 0.3 is 0 Å². The molecule has 0 aliphatic rings. The summed E-state index contributed by atoms with van der Waals surface area (Å²) in [5.41, 5.74) is 7.61. The van der Waals surface area contributed by atoms with Crippen molar-refractivity contribution in [3.05, 3.63) is 48.2 Å². The molecule has 20 heavy (non-hydrogen) atoms. The zero-order valence-electron chi connectivity index (χ0n) is 11.5. The first-order valence-corrected chi connectivity index (χ1v) is 7.13. The van der Waals surface area contributed by atoms with E-state index in [9.17, 15) is 4.79 Å². The van der Waals surface area contributed by atoms with Gasteiger partial charge in [-0.1, -0.05) is 17.8 Å². The van der Waals surface area contributed by atoms with Crippen LogP contribution in [0.15, 0.2) is 52.5 Å². The van der Waals surface area contributed by atoms with E-state index >= 15 is 0 Å². The molecule has 0 aliphatic carbocycles. The monoisotopic (exact) mass is 287 g/mol. The van der Waals surface area contributed by atoms with E-state index in [1.807, 2.05) is 43.3 Å². The fourth-order valence-electron chi connectivity index (χ4n) is 1.65. The van der Waals surface area contributed by atoms with Crippen LogP contribution in [-0.2, 0) is 4.79 Å². The lowest BCUT2D eigenvalue weighted by Crippen LogP contribution is -2.05. The lowest BCUT2D eigenvalue weighted by atomic mass is 10.2. The third-order valence-corrected chi connectivity index (χ3v) is 3.64. The summed E-state index contributed by atoms with van der Waals surface area (Å²) in [4.78, 5) is 16.4. The molecule has 2 aromatic rings. The molecule has 4 nitrogen and oxygen atoms in total. The summed E-state index contributed by atoms with van der Waals surface area (Å²) >= 11 is 1.57. The summed E-state index contributed by atoms with van der Waals surface area (Å²) in [7, 11) is 0. The van der Waals surface area contributed by atoms with Gasteiger partial charge in [0.15, 0.2) is 0 Å². The number of nitrogens with zero attached hydrogens (tertiary/aromatic N) is 1. The van der Waals surface area contributed by atoms with Crippen molar-refractivity contribution in [2.24, 2.45) is 5.73 Å². The van der Waals surface area contributed by atoms with E-state index in [0.29, 0.717) is 0 Å². The fourth-order valence-corrected chi connectivity index (χ4v) is 2.41. The first-order valence-electron chi connectivity index (χ1n) is 6.31. The van der Waals surface area contributed by atoms with E-state index in [1.165, 1.54) is 6.92 Å². The minimum atomic E-state index is -0.0708. The minimum absolute atomic E-state index is 0.00140. The summed E-state index contributed by atoms with van der Waals surface area (Å²) in [6, 6.07) is 11.6. The number of carbonyl (C=O) groups is 1. The fraction of sp³-hybridized carbons (Fsp3) is 0.200. The zero-order valence-corrected chi connectivity index (χ0v) is 12.3. The average molecular weight is 287 g/mol. The topological polar surface area (TPSA) is 68.0 Å².